The maximum absolute atomic E-state index is 14.9. The largest absolute Gasteiger partial charge is 0.497 e. The van der Waals surface area contributed by atoms with Crippen LogP contribution in [0.4, 0.5) is 20.2 Å². The molecule has 0 aromatic heterocycles. The number of anilines is 2. The van der Waals surface area contributed by atoms with E-state index in [1.165, 1.54) is 12.1 Å². The second-order valence-electron chi connectivity index (χ2n) is 8.73. The number of methoxy groups -OCH3 is 2. The summed E-state index contributed by atoms with van der Waals surface area (Å²) in [6, 6.07) is 9.15. The molecule has 184 valence electrons. The second kappa shape index (κ2) is 10.5. The standard InChI is InChI=1S/C25H30F2N2O5/c1-32-19-4-5-21(26)23(14-19)28-9-7-18(8-10-28)34-24-6-3-16(12-22(24)27)29-15-20(33-2)11-17(29)13-25(30)31/h3-6,12,14,17-18,20H,7-11,13,15H2,1-2H3,(H,30,31). The van der Waals surface area contributed by atoms with E-state index in [1.54, 1.807) is 38.5 Å². The number of nitrogens with zero attached hydrogens (tertiary/aromatic N) is 2. The van der Waals surface area contributed by atoms with E-state index in [4.69, 9.17) is 14.2 Å². The van der Waals surface area contributed by atoms with Gasteiger partial charge in [-0.3, -0.25) is 4.79 Å². The smallest absolute Gasteiger partial charge is 0.305 e. The number of hydrogen-bond acceptors (Lipinski definition) is 6. The minimum Gasteiger partial charge on any atom is -0.497 e. The Morgan fingerprint density at radius 1 is 1.06 bits per heavy atom. The van der Waals surface area contributed by atoms with Crippen LogP contribution in [0.1, 0.15) is 25.7 Å². The summed E-state index contributed by atoms with van der Waals surface area (Å²) in [5.74, 6) is -0.939. The zero-order valence-electron chi connectivity index (χ0n) is 19.4. The Bertz CT molecular complexity index is 1010. The highest BCUT2D eigenvalue weighted by Crippen LogP contribution is 2.33. The van der Waals surface area contributed by atoms with Crippen LogP contribution in [0, 0.1) is 11.6 Å². The van der Waals surface area contributed by atoms with Gasteiger partial charge in [0.15, 0.2) is 11.6 Å². The van der Waals surface area contributed by atoms with E-state index in [-0.39, 0.29) is 36.2 Å². The molecule has 0 radical (unpaired) electrons. The normalized spacial score (nSPS) is 21.1. The molecule has 0 bridgehead atoms. The second-order valence-corrected chi connectivity index (χ2v) is 8.73. The van der Waals surface area contributed by atoms with Gasteiger partial charge in [0.25, 0.3) is 0 Å². The van der Waals surface area contributed by atoms with Crippen molar-refractivity contribution in [1.82, 2.24) is 0 Å². The number of carboxylic acid groups (broad SMARTS) is 1. The molecule has 7 nitrogen and oxygen atoms in total. The molecule has 0 aliphatic carbocycles. The lowest BCUT2D eigenvalue weighted by atomic mass is 10.1. The summed E-state index contributed by atoms with van der Waals surface area (Å²) < 4.78 is 45.7. The number of carbonyl (C=O) groups is 1. The Morgan fingerprint density at radius 2 is 1.82 bits per heavy atom. The molecule has 9 heteroatoms. The fraction of sp³-hybridized carbons (Fsp3) is 0.480. The van der Waals surface area contributed by atoms with Crippen molar-refractivity contribution in [3.05, 3.63) is 48.0 Å². The van der Waals surface area contributed by atoms with Crippen molar-refractivity contribution in [2.75, 3.05) is 43.7 Å². The van der Waals surface area contributed by atoms with Crippen molar-refractivity contribution in [3.8, 4) is 11.5 Å². The summed E-state index contributed by atoms with van der Waals surface area (Å²) in [4.78, 5) is 15.1. The molecule has 0 amide bonds. The van der Waals surface area contributed by atoms with Crippen LogP contribution in [0.2, 0.25) is 0 Å². The molecule has 2 aromatic carbocycles. The fourth-order valence-corrected chi connectivity index (χ4v) is 4.78. The predicted molar refractivity (Wildman–Crippen MR) is 124 cm³/mol. The molecular formula is C25H30F2N2O5. The summed E-state index contributed by atoms with van der Waals surface area (Å²) in [5.41, 5.74) is 1.10. The molecule has 2 fully saturated rings. The number of hydrogen-bond donors (Lipinski definition) is 1. The van der Waals surface area contributed by atoms with Crippen LogP contribution in [-0.4, -0.2) is 63.2 Å². The summed E-state index contributed by atoms with van der Waals surface area (Å²) in [5, 5.41) is 9.22. The van der Waals surface area contributed by atoms with Crippen molar-refractivity contribution >= 4 is 17.3 Å². The van der Waals surface area contributed by atoms with Crippen LogP contribution in [-0.2, 0) is 9.53 Å². The van der Waals surface area contributed by atoms with Gasteiger partial charge in [-0.1, -0.05) is 0 Å². The maximum Gasteiger partial charge on any atom is 0.305 e. The van der Waals surface area contributed by atoms with Gasteiger partial charge in [0, 0.05) is 63.4 Å². The number of carboxylic acids is 1. The first kappa shape index (κ1) is 24.1. The Hall–Kier alpha value is -3.07. The molecule has 34 heavy (non-hydrogen) atoms. The van der Waals surface area contributed by atoms with Gasteiger partial charge in [0.2, 0.25) is 0 Å². The number of aliphatic carboxylic acids is 1. The van der Waals surface area contributed by atoms with Gasteiger partial charge in [-0.2, -0.15) is 0 Å². The minimum absolute atomic E-state index is 0.0355. The quantitative estimate of drug-likeness (QED) is 0.615. The third kappa shape index (κ3) is 5.35. The fourth-order valence-electron chi connectivity index (χ4n) is 4.78. The van der Waals surface area contributed by atoms with Crippen LogP contribution in [0.15, 0.2) is 36.4 Å². The van der Waals surface area contributed by atoms with Crippen LogP contribution in [0.3, 0.4) is 0 Å². The van der Waals surface area contributed by atoms with E-state index < -0.39 is 11.8 Å². The van der Waals surface area contributed by atoms with Gasteiger partial charge in [-0.15, -0.1) is 0 Å². The average molecular weight is 477 g/mol. The lowest BCUT2D eigenvalue weighted by molar-refractivity contribution is -0.137. The third-order valence-electron chi connectivity index (χ3n) is 6.60. The summed E-state index contributed by atoms with van der Waals surface area (Å²) in [7, 11) is 3.14. The third-order valence-corrected chi connectivity index (χ3v) is 6.60. The molecule has 0 saturated carbocycles. The molecule has 4 rings (SSSR count). The summed E-state index contributed by atoms with van der Waals surface area (Å²) in [6.45, 7) is 1.67. The summed E-state index contributed by atoms with van der Waals surface area (Å²) >= 11 is 0. The molecule has 2 saturated heterocycles. The molecule has 2 atom stereocenters. The van der Waals surface area contributed by atoms with Gasteiger partial charge >= 0.3 is 5.97 Å². The van der Waals surface area contributed by atoms with Crippen molar-refractivity contribution in [2.24, 2.45) is 0 Å². The molecule has 2 aliphatic heterocycles. The van der Waals surface area contributed by atoms with Gasteiger partial charge in [-0.05, 0) is 30.7 Å². The molecule has 2 unspecified atom stereocenters. The van der Waals surface area contributed by atoms with Gasteiger partial charge in [0.1, 0.15) is 17.7 Å². The molecule has 1 N–H and O–H groups in total. The maximum atomic E-state index is 14.9. The number of piperidine rings is 1. The molecular weight excluding hydrogens is 446 g/mol. The van der Waals surface area contributed by atoms with Crippen LogP contribution >= 0.6 is 0 Å². The number of benzene rings is 2. The predicted octanol–water partition coefficient (Wildman–Crippen LogP) is 4.09. The van der Waals surface area contributed by atoms with E-state index in [0.29, 0.717) is 56.0 Å². The first-order chi connectivity index (χ1) is 16.4. The zero-order chi connectivity index (χ0) is 24.2. The van der Waals surface area contributed by atoms with E-state index in [9.17, 15) is 18.7 Å². The molecule has 2 aromatic rings. The summed E-state index contributed by atoms with van der Waals surface area (Å²) in [6.07, 6.45) is 1.51. The first-order valence-electron chi connectivity index (χ1n) is 11.4. The van der Waals surface area contributed by atoms with E-state index in [1.807, 2.05) is 9.80 Å². The van der Waals surface area contributed by atoms with Crippen molar-refractivity contribution in [3.63, 3.8) is 0 Å². The number of halogens is 2. The highest BCUT2D eigenvalue weighted by atomic mass is 19.1. The highest BCUT2D eigenvalue weighted by Gasteiger charge is 2.34. The van der Waals surface area contributed by atoms with Crippen molar-refractivity contribution < 1.29 is 32.9 Å². The van der Waals surface area contributed by atoms with Crippen molar-refractivity contribution in [1.29, 1.82) is 0 Å². The minimum atomic E-state index is -0.896. The lowest BCUT2D eigenvalue weighted by Crippen LogP contribution is -2.38. The van der Waals surface area contributed by atoms with Crippen LogP contribution in [0.25, 0.3) is 0 Å². The molecule has 2 aliphatic rings. The zero-order valence-corrected chi connectivity index (χ0v) is 19.4. The average Bonchev–Trinajstić information content (AvgIpc) is 3.23. The Morgan fingerprint density at radius 3 is 2.47 bits per heavy atom. The van der Waals surface area contributed by atoms with Gasteiger partial charge < -0.3 is 29.1 Å². The van der Waals surface area contributed by atoms with E-state index >= 15 is 0 Å². The number of ether oxygens (including phenoxy) is 3. The molecule has 2 heterocycles. The van der Waals surface area contributed by atoms with E-state index in [0.717, 1.165) is 0 Å². The van der Waals surface area contributed by atoms with Gasteiger partial charge in [0.05, 0.1) is 25.3 Å². The Kier molecular flexibility index (Phi) is 7.41. The SMILES string of the molecule is COc1ccc(F)c(N2CCC(Oc3ccc(N4CC(OC)CC4CC(=O)O)cc3F)CC2)c1. The Balaban J connectivity index is 1.39. The van der Waals surface area contributed by atoms with Crippen LogP contribution in [0.5, 0.6) is 11.5 Å². The van der Waals surface area contributed by atoms with Crippen LogP contribution < -0.4 is 19.3 Å². The monoisotopic (exact) mass is 476 g/mol. The lowest BCUT2D eigenvalue weighted by Gasteiger charge is -2.34. The van der Waals surface area contributed by atoms with E-state index in [2.05, 4.69) is 0 Å². The highest BCUT2D eigenvalue weighted by molar-refractivity contribution is 5.69. The Labute approximate surface area is 197 Å². The van der Waals surface area contributed by atoms with Gasteiger partial charge in [-0.25, -0.2) is 8.78 Å². The molecule has 0 spiro atoms. The topological polar surface area (TPSA) is 71.5 Å². The first-order valence-corrected chi connectivity index (χ1v) is 11.4. The number of rotatable bonds is 8. The van der Waals surface area contributed by atoms with Crippen molar-refractivity contribution in [2.45, 2.75) is 43.9 Å².